The highest BCUT2D eigenvalue weighted by molar-refractivity contribution is 5.96. The third kappa shape index (κ3) is 3.01. The quantitative estimate of drug-likeness (QED) is 0.838. The fourth-order valence-electron chi connectivity index (χ4n) is 3.54. The molecule has 0 amide bonds. The molecule has 2 fully saturated rings. The minimum absolute atomic E-state index is 0.199. The molecule has 3 heterocycles. The fourth-order valence-corrected chi connectivity index (χ4v) is 3.54. The van der Waals surface area contributed by atoms with Crippen LogP contribution in [0.25, 0.3) is 0 Å². The maximum atomic E-state index is 12.4. The summed E-state index contributed by atoms with van der Waals surface area (Å²) in [5, 5.41) is 3.62. The van der Waals surface area contributed by atoms with E-state index in [-0.39, 0.29) is 5.78 Å². The molecule has 1 aromatic rings. The van der Waals surface area contributed by atoms with E-state index in [9.17, 15) is 4.79 Å². The SMILES string of the molecule is CCOc1cncc(C(=O)CC2CC3CCC(C2)N3)c1. The molecule has 1 aromatic heterocycles. The van der Waals surface area contributed by atoms with E-state index < -0.39 is 0 Å². The molecule has 2 bridgehead atoms. The van der Waals surface area contributed by atoms with Crippen LogP contribution in [0.15, 0.2) is 18.5 Å². The number of rotatable bonds is 5. The van der Waals surface area contributed by atoms with E-state index in [1.54, 1.807) is 12.4 Å². The van der Waals surface area contributed by atoms with Gasteiger partial charge >= 0.3 is 0 Å². The second-order valence-electron chi connectivity index (χ2n) is 5.94. The molecule has 20 heavy (non-hydrogen) atoms. The third-order valence-corrected chi connectivity index (χ3v) is 4.39. The first-order valence-electron chi connectivity index (χ1n) is 7.61. The molecule has 2 aliphatic rings. The molecular formula is C16H22N2O2. The number of Topliss-reactive ketones (excluding diaryl/α,β-unsaturated/α-hetero) is 1. The Kier molecular flexibility index (Phi) is 4.01. The van der Waals surface area contributed by atoms with E-state index in [1.807, 2.05) is 13.0 Å². The maximum Gasteiger partial charge on any atom is 0.164 e. The van der Waals surface area contributed by atoms with Gasteiger partial charge in [0.25, 0.3) is 0 Å². The molecule has 2 atom stereocenters. The molecule has 0 aromatic carbocycles. The van der Waals surface area contributed by atoms with Gasteiger partial charge in [0, 0.05) is 30.3 Å². The van der Waals surface area contributed by atoms with Crippen molar-refractivity contribution in [1.82, 2.24) is 10.3 Å². The van der Waals surface area contributed by atoms with Crippen LogP contribution in [0.5, 0.6) is 5.75 Å². The number of pyridine rings is 1. The van der Waals surface area contributed by atoms with Crippen LogP contribution in [0.1, 0.15) is 49.4 Å². The second-order valence-corrected chi connectivity index (χ2v) is 5.94. The van der Waals surface area contributed by atoms with Crippen molar-refractivity contribution in [3.63, 3.8) is 0 Å². The smallest absolute Gasteiger partial charge is 0.164 e. The topological polar surface area (TPSA) is 51.2 Å². The maximum absolute atomic E-state index is 12.4. The standard InChI is InChI=1S/C16H22N2O2/c1-2-20-15-8-12(9-17-10-15)16(19)7-11-5-13-3-4-14(6-11)18-13/h8-11,13-14,18H,2-7H2,1H3. The number of nitrogens with one attached hydrogen (secondary N) is 1. The van der Waals surface area contributed by atoms with Crippen LogP contribution in [-0.2, 0) is 0 Å². The van der Waals surface area contributed by atoms with Gasteiger partial charge in [-0.3, -0.25) is 9.78 Å². The van der Waals surface area contributed by atoms with Crippen molar-refractivity contribution in [2.24, 2.45) is 5.92 Å². The molecule has 0 saturated carbocycles. The average molecular weight is 274 g/mol. The van der Waals surface area contributed by atoms with E-state index in [0.717, 1.165) is 12.8 Å². The van der Waals surface area contributed by atoms with Crippen molar-refractivity contribution in [3.8, 4) is 5.75 Å². The van der Waals surface area contributed by atoms with Gasteiger partial charge in [0.1, 0.15) is 5.75 Å². The summed E-state index contributed by atoms with van der Waals surface area (Å²) in [5.41, 5.74) is 0.682. The van der Waals surface area contributed by atoms with E-state index in [1.165, 1.54) is 12.8 Å². The highest BCUT2D eigenvalue weighted by Crippen LogP contribution is 2.33. The molecule has 3 rings (SSSR count). The van der Waals surface area contributed by atoms with Crippen molar-refractivity contribution in [2.45, 2.75) is 51.1 Å². The summed E-state index contributed by atoms with van der Waals surface area (Å²) in [6.07, 6.45) is 8.78. The Balaban J connectivity index is 1.62. The monoisotopic (exact) mass is 274 g/mol. The number of fused-ring (bicyclic) bond motifs is 2. The number of nitrogens with zero attached hydrogens (tertiary/aromatic N) is 1. The Morgan fingerprint density at radius 1 is 1.35 bits per heavy atom. The zero-order chi connectivity index (χ0) is 13.9. The molecular weight excluding hydrogens is 252 g/mol. The van der Waals surface area contributed by atoms with Crippen LogP contribution in [0.4, 0.5) is 0 Å². The Labute approximate surface area is 119 Å². The lowest BCUT2D eigenvalue weighted by atomic mass is 9.87. The van der Waals surface area contributed by atoms with Crippen molar-refractivity contribution < 1.29 is 9.53 Å². The van der Waals surface area contributed by atoms with Crippen LogP contribution in [0, 0.1) is 5.92 Å². The molecule has 4 nitrogen and oxygen atoms in total. The summed E-state index contributed by atoms with van der Waals surface area (Å²) >= 11 is 0. The number of aromatic nitrogens is 1. The van der Waals surface area contributed by atoms with Gasteiger partial charge in [0.15, 0.2) is 5.78 Å². The average Bonchev–Trinajstić information content (AvgIpc) is 2.79. The molecule has 108 valence electrons. The molecule has 0 aliphatic carbocycles. The van der Waals surface area contributed by atoms with Crippen LogP contribution in [0.2, 0.25) is 0 Å². The Morgan fingerprint density at radius 2 is 2.10 bits per heavy atom. The first-order valence-corrected chi connectivity index (χ1v) is 7.61. The fraction of sp³-hybridized carbons (Fsp3) is 0.625. The number of piperidine rings is 1. The minimum atomic E-state index is 0.199. The number of ketones is 1. The molecule has 4 heteroatoms. The van der Waals surface area contributed by atoms with Gasteiger partial charge in [0.05, 0.1) is 12.8 Å². The van der Waals surface area contributed by atoms with Crippen molar-refractivity contribution in [3.05, 3.63) is 24.0 Å². The predicted octanol–water partition coefficient (Wildman–Crippen LogP) is 2.58. The molecule has 0 radical (unpaired) electrons. The van der Waals surface area contributed by atoms with Crippen molar-refractivity contribution in [1.29, 1.82) is 0 Å². The summed E-state index contributed by atoms with van der Waals surface area (Å²) in [6.45, 7) is 2.52. The van der Waals surface area contributed by atoms with Gasteiger partial charge in [0.2, 0.25) is 0 Å². The van der Waals surface area contributed by atoms with Crippen molar-refractivity contribution >= 4 is 5.78 Å². The van der Waals surface area contributed by atoms with E-state index in [2.05, 4.69) is 10.3 Å². The van der Waals surface area contributed by atoms with Crippen LogP contribution in [0.3, 0.4) is 0 Å². The lowest BCUT2D eigenvalue weighted by molar-refractivity contribution is 0.0944. The van der Waals surface area contributed by atoms with Crippen LogP contribution in [-0.4, -0.2) is 29.5 Å². The molecule has 2 saturated heterocycles. The van der Waals surface area contributed by atoms with Gasteiger partial charge in [-0.15, -0.1) is 0 Å². The van der Waals surface area contributed by atoms with E-state index >= 15 is 0 Å². The molecule has 2 unspecified atom stereocenters. The van der Waals surface area contributed by atoms with Gasteiger partial charge in [-0.1, -0.05) is 0 Å². The van der Waals surface area contributed by atoms with Gasteiger partial charge in [-0.2, -0.15) is 0 Å². The Bertz CT molecular complexity index is 477. The van der Waals surface area contributed by atoms with E-state index in [0.29, 0.717) is 42.3 Å². The van der Waals surface area contributed by atoms with Crippen LogP contribution < -0.4 is 10.1 Å². The Hall–Kier alpha value is -1.42. The number of hydrogen-bond acceptors (Lipinski definition) is 4. The van der Waals surface area contributed by atoms with Crippen LogP contribution >= 0.6 is 0 Å². The Morgan fingerprint density at radius 3 is 2.80 bits per heavy atom. The van der Waals surface area contributed by atoms with E-state index in [4.69, 9.17) is 4.74 Å². The predicted molar refractivity (Wildman–Crippen MR) is 77.0 cm³/mol. The number of carbonyl (C=O) groups is 1. The highest BCUT2D eigenvalue weighted by Gasteiger charge is 2.34. The zero-order valence-electron chi connectivity index (χ0n) is 12.0. The number of ether oxygens (including phenoxy) is 1. The molecule has 2 aliphatic heterocycles. The highest BCUT2D eigenvalue weighted by atomic mass is 16.5. The summed E-state index contributed by atoms with van der Waals surface area (Å²) in [6, 6.07) is 3.09. The van der Waals surface area contributed by atoms with Gasteiger partial charge < -0.3 is 10.1 Å². The third-order valence-electron chi connectivity index (χ3n) is 4.39. The summed E-state index contributed by atoms with van der Waals surface area (Å²) in [5.74, 6) is 1.41. The lowest BCUT2D eigenvalue weighted by Crippen LogP contribution is -2.38. The minimum Gasteiger partial charge on any atom is -0.492 e. The molecule has 0 spiro atoms. The lowest BCUT2D eigenvalue weighted by Gasteiger charge is -2.28. The largest absolute Gasteiger partial charge is 0.492 e. The first-order chi connectivity index (χ1) is 9.74. The number of carbonyl (C=O) groups excluding carboxylic acids is 1. The zero-order valence-corrected chi connectivity index (χ0v) is 12.0. The number of hydrogen-bond donors (Lipinski definition) is 1. The summed E-state index contributed by atoms with van der Waals surface area (Å²) in [4.78, 5) is 16.5. The van der Waals surface area contributed by atoms with Gasteiger partial charge in [-0.05, 0) is 44.6 Å². The van der Waals surface area contributed by atoms with Crippen molar-refractivity contribution in [2.75, 3.05) is 6.61 Å². The molecule has 1 N–H and O–H groups in total. The second kappa shape index (κ2) is 5.92. The first kappa shape index (κ1) is 13.6. The normalized spacial score (nSPS) is 28.4. The van der Waals surface area contributed by atoms with Gasteiger partial charge in [-0.25, -0.2) is 0 Å². The summed E-state index contributed by atoms with van der Waals surface area (Å²) in [7, 11) is 0. The summed E-state index contributed by atoms with van der Waals surface area (Å²) < 4.78 is 5.41.